The van der Waals surface area contributed by atoms with E-state index in [-0.39, 0.29) is 23.7 Å². The zero-order chi connectivity index (χ0) is 23.2. The number of urea groups is 1. The van der Waals surface area contributed by atoms with E-state index in [1.165, 1.54) is 24.3 Å². The molecule has 7 nitrogen and oxygen atoms in total. The van der Waals surface area contributed by atoms with Gasteiger partial charge in [0.2, 0.25) is 0 Å². The second-order valence-corrected chi connectivity index (χ2v) is 7.62. The summed E-state index contributed by atoms with van der Waals surface area (Å²) < 4.78 is 13.0. The smallest absolute Gasteiger partial charge is 0.321 e. The zero-order valence-corrected chi connectivity index (χ0v) is 17.8. The highest BCUT2D eigenvalue weighted by Gasteiger charge is 2.25. The van der Waals surface area contributed by atoms with Crippen molar-refractivity contribution in [2.24, 2.45) is 0 Å². The number of anilines is 2. The lowest BCUT2D eigenvalue weighted by Gasteiger charge is -2.34. The summed E-state index contributed by atoms with van der Waals surface area (Å²) >= 11 is 0. The van der Waals surface area contributed by atoms with E-state index in [4.69, 9.17) is 0 Å². The van der Waals surface area contributed by atoms with Gasteiger partial charge in [0.1, 0.15) is 5.82 Å². The first-order valence-electron chi connectivity index (χ1n) is 10.6. The Balaban J connectivity index is 1.33. The molecule has 4 rings (SSSR count). The maximum atomic E-state index is 13.0. The molecule has 2 N–H and O–H groups in total. The number of nitrogens with one attached hydrogen (secondary N) is 2. The monoisotopic (exact) mass is 446 g/mol. The number of amides is 4. The number of benzene rings is 3. The number of carbonyl (C=O) groups is 3. The Bertz CT molecular complexity index is 1140. The van der Waals surface area contributed by atoms with Gasteiger partial charge in [-0.25, -0.2) is 9.18 Å². The molecule has 0 unspecified atom stereocenters. The fraction of sp³-hybridized carbons (Fsp3) is 0.160. The molecule has 33 heavy (non-hydrogen) atoms. The Morgan fingerprint density at radius 1 is 0.667 bits per heavy atom. The van der Waals surface area contributed by atoms with Crippen molar-refractivity contribution in [2.45, 2.75) is 0 Å². The molecular formula is C25H23FN4O3. The molecule has 168 valence electrons. The molecule has 0 aromatic heterocycles. The third-order valence-electron chi connectivity index (χ3n) is 5.35. The maximum Gasteiger partial charge on any atom is 0.321 e. The lowest BCUT2D eigenvalue weighted by atomic mass is 10.1. The summed E-state index contributed by atoms with van der Waals surface area (Å²) in [5.41, 5.74) is 1.99. The quantitative estimate of drug-likeness (QED) is 0.634. The molecule has 1 fully saturated rings. The van der Waals surface area contributed by atoms with Crippen LogP contribution in [0.4, 0.5) is 20.6 Å². The number of rotatable bonds is 4. The zero-order valence-electron chi connectivity index (χ0n) is 17.8. The van der Waals surface area contributed by atoms with Gasteiger partial charge in [0.05, 0.1) is 0 Å². The molecule has 4 amide bonds. The van der Waals surface area contributed by atoms with E-state index in [2.05, 4.69) is 10.6 Å². The first-order chi connectivity index (χ1) is 16.0. The van der Waals surface area contributed by atoms with Crippen LogP contribution < -0.4 is 10.6 Å². The molecule has 1 aliphatic rings. The van der Waals surface area contributed by atoms with Gasteiger partial charge >= 0.3 is 6.03 Å². The predicted octanol–water partition coefficient (Wildman–Crippen LogP) is 4.07. The van der Waals surface area contributed by atoms with E-state index in [1.54, 1.807) is 46.2 Å². The molecule has 0 aliphatic carbocycles. The Morgan fingerprint density at radius 2 is 1.27 bits per heavy atom. The van der Waals surface area contributed by atoms with Crippen molar-refractivity contribution in [3.63, 3.8) is 0 Å². The number of para-hydroxylation sites is 1. The van der Waals surface area contributed by atoms with Gasteiger partial charge in [0.15, 0.2) is 0 Å². The number of halogens is 1. The summed E-state index contributed by atoms with van der Waals surface area (Å²) in [4.78, 5) is 41.2. The molecule has 3 aromatic rings. The number of hydrogen-bond donors (Lipinski definition) is 2. The van der Waals surface area contributed by atoms with Gasteiger partial charge in [0, 0.05) is 48.7 Å². The van der Waals surface area contributed by atoms with E-state index in [0.717, 1.165) is 0 Å². The molecule has 0 spiro atoms. The first kappa shape index (κ1) is 22.0. The third kappa shape index (κ3) is 5.54. The molecule has 1 saturated heterocycles. The van der Waals surface area contributed by atoms with E-state index in [0.29, 0.717) is 48.7 Å². The van der Waals surface area contributed by atoms with Crippen LogP contribution in [0.5, 0.6) is 0 Å². The maximum absolute atomic E-state index is 13.0. The number of hydrogen-bond acceptors (Lipinski definition) is 3. The third-order valence-corrected chi connectivity index (χ3v) is 5.35. The first-order valence-corrected chi connectivity index (χ1v) is 10.6. The minimum atomic E-state index is -0.373. The van der Waals surface area contributed by atoms with Crippen LogP contribution in [0.3, 0.4) is 0 Å². The Kier molecular flexibility index (Phi) is 6.64. The Labute approximate surface area is 190 Å². The molecule has 3 aromatic carbocycles. The van der Waals surface area contributed by atoms with Crippen molar-refractivity contribution < 1.29 is 18.8 Å². The van der Waals surface area contributed by atoms with E-state index < -0.39 is 0 Å². The average Bonchev–Trinajstić information content (AvgIpc) is 2.86. The molecule has 1 aliphatic heterocycles. The van der Waals surface area contributed by atoms with Crippen LogP contribution in [0, 0.1) is 5.82 Å². The fourth-order valence-corrected chi connectivity index (χ4v) is 3.55. The highest BCUT2D eigenvalue weighted by Crippen LogP contribution is 2.15. The summed E-state index contributed by atoms with van der Waals surface area (Å²) in [5.74, 6) is -0.858. The molecule has 0 bridgehead atoms. The highest BCUT2D eigenvalue weighted by atomic mass is 19.1. The highest BCUT2D eigenvalue weighted by molar-refractivity contribution is 6.06. The normalized spacial score (nSPS) is 13.4. The Morgan fingerprint density at radius 3 is 1.97 bits per heavy atom. The predicted molar refractivity (Wildman–Crippen MR) is 124 cm³/mol. The summed E-state index contributed by atoms with van der Waals surface area (Å²) in [6.45, 7) is 1.48. The largest absolute Gasteiger partial charge is 0.335 e. The van der Waals surface area contributed by atoms with Crippen molar-refractivity contribution >= 4 is 29.2 Å². The van der Waals surface area contributed by atoms with Crippen molar-refractivity contribution in [1.29, 1.82) is 0 Å². The van der Waals surface area contributed by atoms with Crippen LogP contribution in [-0.4, -0.2) is 53.8 Å². The second-order valence-electron chi connectivity index (χ2n) is 7.62. The van der Waals surface area contributed by atoms with Crippen molar-refractivity contribution in [3.8, 4) is 0 Å². The minimum absolute atomic E-state index is 0.192. The van der Waals surface area contributed by atoms with Gasteiger partial charge in [-0.1, -0.05) is 24.3 Å². The Hall–Kier alpha value is -4.20. The van der Waals surface area contributed by atoms with Crippen molar-refractivity contribution in [2.75, 3.05) is 36.8 Å². The molecule has 0 radical (unpaired) electrons. The average molecular weight is 446 g/mol. The molecule has 0 atom stereocenters. The molecule has 0 saturated carbocycles. The molecule has 1 heterocycles. The number of nitrogens with zero attached hydrogens (tertiary/aromatic N) is 2. The van der Waals surface area contributed by atoms with Crippen LogP contribution in [0.25, 0.3) is 0 Å². The summed E-state index contributed by atoms with van der Waals surface area (Å²) in [5, 5.41) is 5.54. The van der Waals surface area contributed by atoms with Gasteiger partial charge in [0.25, 0.3) is 11.8 Å². The summed E-state index contributed by atoms with van der Waals surface area (Å²) in [6.07, 6.45) is 0. The van der Waals surface area contributed by atoms with Crippen LogP contribution in [0.15, 0.2) is 78.9 Å². The van der Waals surface area contributed by atoms with E-state index in [1.807, 2.05) is 18.2 Å². The van der Waals surface area contributed by atoms with Gasteiger partial charge < -0.3 is 20.4 Å². The lowest BCUT2D eigenvalue weighted by molar-refractivity contribution is 0.0671. The van der Waals surface area contributed by atoms with Gasteiger partial charge in [-0.3, -0.25) is 9.59 Å². The van der Waals surface area contributed by atoms with E-state index >= 15 is 0 Å². The lowest BCUT2D eigenvalue weighted by Crippen LogP contribution is -2.51. The topological polar surface area (TPSA) is 81.8 Å². The SMILES string of the molecule is O=C(Nc1ccccc1)c1cccc(C(=O)N2CCN(C(=O)Nc3ccc(F)cc3)CC2)c1. The molecular weight excluding hydrogens is 423 g/mol. The van der Waals surface area contributed by atoms with Crippen LogP contribution in [0.1, 0.15) is 20.7 Å². The number of carbonyl (C=O) groups excluding carboxylic acids is 3. The summed E-state index contributed by atoms with van der Waals surface area (Å²) in [6, 6.07) is 20.9. The number of piperazine rings is 1. The standard InChI is InChI=1S/C25H23FN4O3/c26-20-9-11-22(12-10-20)28-25(33)30-15-13-29(14-16-30)24(32)19-6-4-5-18(17-19)23(31)27-21-7-2-1-3-8-21/h1-12,17H,13-16H2,(H,27,31)(H,28,33). The summed E-state index contributed by atoms with van der Waals surface area (Å²) in [7, 11) is 0. The minimum Gasteiger partial charge on any atom is -0.335 e. The van der Waals surface area contributed by atoms with Crippen LogP contribution in [-0.2, 0) is 0 Å². The van der Waals surface area contributed by atoms with Crippen molar-refractivity contribution in [1.82, 2.24) is 9.80 Å². The van der Waals surface area contributed by atoms with Crippen LogP contribution >= 0.6 is 0 Å². The van der Waals surface area contributed by atoms with Gasteiger partial charge in [-0.15, -0.1) is 0 Å². The van der Waals surface area contributed by atoms with Gasteiger partial charge in [-0.2, -0.15) is 0 Å². The van der Waals surface area contributed by atoms with Crippen LogP contribution in [0.2, 0.25) is 0 Å². The van der Waals surface area contributed by atoms with Crippen molar-refractivity contribution in [3.05, 3.63) is 95.8 Å². The van der Waals surface area contributed by atoms with E-state index in [9.17, 15) is 18.8 Å². The van der Waals surface area contributed by atoms with Gasteiger partial charge in [-0.05, 0) is 54.6 Å². The fourth-order valence-electron chi connectivity index (χ4n) is 3.55. The second kappa shape index (κ2) is 9.95. The molecule has 8 heteroatoms.